The van der Waals surface area contributed by atoms with E-state index in [1.54, 1.807) is 0 Å². The van der Waals surface area contributed by atoms with Gasteiger partial charge in [-0.05, 0) is 6.07 Å². The molecule has 1 rings (SSSR count). The van der Waals surface area contributed by atoms with Crippen LogP contribution in [0.25, 0.3) is 0 Å². The normalized spacial score (nSPS) is 9.93. The average molecular weight is 200 g/mol. The number of carbonyl (C=O) groups is 1. The summed E-state index contributed by atoms with van der Waals surface area (Å²) in [6.07, 6.45) is -2.84. The number of carbonyl (C=O) groups excluding carboxylic acids is 1. The van der Waals surface area contributed by atoms with Crippen LogP contribution in [0.5, 0.6) is 0 Å². The van der Waals surface area contributed by atoms with Crippen molar-refractivity contribution in [1.82, 2.24) is 4.98 Å². The topological polar surface area (TPSA) is 53.8 Å². The van der Waals surface area contributed by atoms with E-state index < -0.39 is 29.2 Å². The van der Waals surface area contributed by atoms with Gasteiger partial charge in [0.25, 0.3) is 6.43 Å². The summed E-state index contributed by atoms with van der Waals surface area (Å²) in [4.78, 5) is 13.2. The zero-order valence-corrected chi connectivity index (χ0v) is 6.67. The van der Waals surface area contributed by atoms with E-state index in [0.717, 1.165) is 0 Å². The first-order valence-electron chi connectivity index (χ1n) is 3.44. The Bertz CT molecular complexity index is 412. The highest BCUT2D eigenvalue weighted by atomic mass is 19.3. The van der Waals surface area contributed by atoms with E-state index in [2.05, 4.69) is 4.98 Å². The molecule has 72 valence electrons. The Hall–Kier alpha value is -1.90. The molecule has 0 bridgehead atoms. The maximum atomic E-state index is 12.8. The van der Waals surface area contributed by atoms with Gasteiger partial charge in [0.05, 0.1) is 0 Å². The molecule has 6 heteroatoms. The van der Waals surface area contributed by atoms with Crippen molar-refractivity contribution in [2.75, 3.05) is 0 Å². The molecule has 1 heterocycles. The number of halogens is 3. The van der Waals surface area contributed by atoms with Gasteiger partial charge in [0, 0.05) is 5.56 Å². The molecule has 1 aromatic rings. The lowest BCUT2D eigenvalue weighted by Crippen LogP contribution is -2.01. The third-order valence-electron chi connectivity index (χ3n) is 1.49. The number of hydrogen-bond acceptors (Lipinski definition) is 3. The second kappa shape index (κ2) is 3.87. The van der Waals surface area contributed by atoms with Gasteiger partial charge in [-0.2, -0.15) is 9.65 Å². The molecule has 0 N–H and O–H groups in total. The van der Waals surface area contributed by atoms with Gasteiger partial charge in [0.2, 0.25) is 5.95 Å². The Labute approximate surface area is 76.8 Å². The molecular weight excluding hydrogens is 197 g/mol. The van der Waals surface area contributed by atoms with Gasteiger partial charge in [0.15, 0.2) is 6.29 Å². The summed E-state index contributed by atoms with van der Waals surface area (Å²) in [6, 6.07) is 2.06. The largest absolute Gasteiger partial charge is 0.298 e. The second-order valence-corrected chi connectivity index (χ2v) is 2.33. The zero-order chi connectivity index (χ0) is 10.7. The SMILES string of the molecule is N#Cc1c(C=O)cc(C(F)F)nc1F. The first-order chi connectivity index (χ1) is 6.60. The van der Waals surface area contributed by atoms with Gasteiger partial charge in [-0.25, -0.2) is 13.8 Å². The number of nitrogens with zero attached hydrogens (tertiary/aromatic N) is 2. The molecule has 0 saturated carbocycles. The third-order valence-corrected chi connectivity index (χ3v) is 1.49. The summed E-state index contributed by atoms with van der Waals surface area (Å²) in [6.45, 7) is 0. The molecule has 0 aliphatic rings. The molecule has 0 aromatic carbocycles. The molecule has 0 fully saturated rings. The number of nitriles is 1. The molecule has 1 aromatic heterocycles. The average Bonchev–Trinajstić information content (AvgIpc) is 2.16. The maximum Gasteiger partial charge on any atom is 0.280 e. The van der Waals surface area contributed by atoms with Crippen molar-refractivity contribution in [2.24, 2.45) is 0 Å². The number of alkyl halides is 2. The lowest BCUT2D eigenvalue weighted by Gasteiger charge is -2.01. The van der Waals surface area contributed by atoms with Crippen molar-refractivity contribution in [2.45, 2.75) is 6.43 Å². The van der Waals surface area contributed by atoms with Crippen LogP contribution in [0.4, 0.5) is 13.2 Å². The minimum Gasteiger partial charge on any atom is -0.298 e. The molecule has 0 radical (unpaired) electrons. The lowest BCUT2D eigenvalue weighted by molar-refractivity contribution is 0.112. The first kappa shape index (κ1) is 10.2. The van der Waals surface area contributed by atoms with Gasteiger partial charge in [0.1, 0.15) is 17.3 Å². The van der Waals surface area contributed by atoms with E-state index in [0.29, 0.717) is 6.07 Å². The fourth-order valence-corrected chi connectivity index (χ4v) is 0.868. The van der Waals surface area contributed by atoms with Crippen LogP contribution < -0.4 is 0 Å². The molecule has 0 unspecified atom stereocenters. The van der Waals surface area contributed by atoms with Crippen molar-refractivity contribution in [3.63, 3.8) is 0 Å². The van der Waals surface area contributed by atoms with Gasteiger partial charge in [-0.1, -0.05) is 0 Å². The minimum absolute atomic E-state index is 0.134. The van der Waals surface area contributed by atoms with Gasteiger partial charge >= 0.3 is 0 Å². The van der Waals surface area contributed by atoms with Gasteiger partial charge in [-0.3, -0.25) is 4.79 Å². The van der Waals surface area contributed by atoms with Crippen molar-refractivity contribution in [3.05, 3.63) is 28.8 Å². The molecule has 0 aliphatic heterocycles. The van der Waals surface area contributed by atoms with E-state index in [1.165, 1.54) is 6.07 Å². The Morgan fingerprint density at radius 1 is 1.57 bits per heavy atom. The summed E-state index contributed by atoms with van der Waals surface area (Å²) < 4.78 is 37.0. The van der Waals surface area contributed by atoms with Crippen LogP contribution >= 0.6 is 0 Å². The Morgan fingerprint density at radius 2 is 2.21 bits per heavy atom. The Morgan fingerprint density at radius 3 is 2.64 bits per heavy atom. The maximum absolute atomic E-state index is 12.8. The molecule has 0 aliphatic carbocycles. The second-order valence-electron chi connectivity index (χ2n) is 2.33. The standard InChI is InChI=1S/C8H3F3N2O/c9-7(10)6-1-4(3-14)5(2-12)8(11)13-6/h1,3,7H. The molecule has 0 saturated heterocycles. The molecule has 0 amide bonds. The monoisotopic (exact) mass is 200 g/mol. The zero-order valence-electron chi connectivity index (χ0n) is 6.67. The van der Waals surface area contributed by atoms with Gasteiger partial charge < -0.3 is 0 Å². The third kappa shape index (κ3) is 1.71. The van der Waals surface area contributed by atoms with Crippen molar-refractivity contribution >= 4 is 6.29 Å². The fraction of sp³-hybridized carbons (Fsp3) is 0.125. The predicted molar refractivity (Wildman–Crippen MR) is 39.3 cm³/mol. The summed E-state index contributed by atoms with van der Waals surface area (Å²) in [5.41, 5.74) is -1.90. The predicted octanol–water partition coefficient (Wildman–Crippen LogP) is 1.84. The van der Waals surface area contributed by atoms with E-state index in [1.807, 2.05) is 0 Å². The number of aldehydes is 1. The highest BCUT2D eigenvalue weighted by Crippen LogP contribution is 2.20. The van der Waals surface area contributed by atoms with Crippen LogP contribution in [0.2, 0.25) is 0 Å². The van der Waals surface area contributed by atoms with Crippen molar-refractivity contribution in [1.29, 1.82) is 5.26 Å². The molecule has 0 spiro atoms. The van der Waals surface area contributed by atoms with Crippen molar-refractivity contribution in [3.8, 4) is 6.07 Å². The molecule has 0 atom stereocenters. The molecule has 14 heavy (non-hydrogen) atoms. The van der Waals surface area contributed by atoms with Crippen LogP contribution in [0.3, 0.4) is 0 Å². The minimum atomic E-state index is -2.98. The number of aromatic nitrogens is 1. The van der Waals surface area contributed by atoms with Gasteiger partial charge in [-0.15, -0.1) is 0 Å². The quantitative estimate of drug-likeness (QED) is 0.540. The summed E-state index contributed by atoms with van der Waals surface area (Å²) in [5.74, 6) is -1.35. The number of rotatable bonds is 2. The van der Waals surface area contributed by atoms with Crippen LogP contribution in [0, 0.1) is 17.3 Å². The molecular formula is C8H3F3N2O. The number of pyridine rings is 1. The fourth-order valence-electron chi connectivity index (χ4n) is 0.868. The highest BCUT2D eigenvalue weighted by molar-refractivity contribution is 5.79. The van der Waals surface area contributed by atoms with E-state index in [9.17, 15) is 18.0 Å². The lowest BCUT2D eigenvalue weighted by atomic mass is 10.1. The van der Waals surface area contributed by atoms with Crippen LogP contribution in [0.15, 0.2) is 6.07 Å². The van der Waals surface area contributed by atoms with E-state index in [-0.39, 0.29) is 6.29 Å². The number of hydrogen-bond donors (Lipinski definition) is 0. The van der Waals surface area contributed by atoms with Crippen molar-refractivity contribution < 1.29 is 18.0 Å². The Kier molecular flexibility index (Phi) is 2.82. The molecule has 3 nitrogen and oxygen atoms in total. The summed E-state index contributed by atoms with van der Waals surface area (Å²) >= 11 is 0. The van der Waals surface area contributed by atoms with Crippen LogP contribution in [-0.2, 0) is 0 Å². The highest BCUT2D eigenvalue weighted by Gasteiger charge is 2.16. The summed E-state index contributed by atoms with van der Waals surface area (Å²) in [7, 11) is 0. The summed E-state index contributed by atoms with van der Waals surface area (Å²) in [5, 5.41) is 8.38. The Balaban J connectivity index is 3.40. The van der Waals surface area contributed by atoms with Crippen LogP contribution in [-0.4, -0.2) is 11.3 Å². The van der Waals surface area contributed by atoms with E-state index >= 15 is 0 Å². The smallest absolute Gasteiger partial charge is 0.280 e. The van der Waals surface area contributed by atoms with Crippen LogP contribution in [0.1, 0.15) is 28.0 Å². The van der Waals surface area contributed by atoms with E-state index in [4.69, 9.17) is 5.26 Å². The first-order valence-corrected chi connectivity index (χ1v) is 3.44.